The molecule has 0 aromatic heterocycles. The number of Topliss-reactive ketones (excluding diaryl/α,β-unsaturated/α-hetero) is 1. The van der Waals surface area contributed by atoms with Crippen LogP contribution in [-0.2, 0) is 14.8 Å². The average Bonchev–Trinajstić information content (AvgIpc) is 2.41. The van der Waals surface area contributed by atoms with Crippen molar-refractivity contribution in [3.05, 3.63) is 29.8 Å². The number of ketones is 1. The third kappa shape index (κ3) is 2.71. The molecule has 0 radical (unpaired) electrons. The standard InChI is InChI=1S/C14H18N2O4S/c1-10(17)11-5-4-6-12(9-11)21(19,20)16-8-7-15-13(18)14(16,2)3/h4-6,9H,7-8H2,1-3H3,(H,15,18). The molecule has 2 rings (SSSR count). The molecule has 0 saturated carbocycles. The highest BCUT2D eigenvalue weighted by Crippen LogP contribution is 2.27. The van der Waals surface area contributed by atoms with Gasteiger partial charge in [0.15, 0.2) is 5.78 Å². The first kappa shape index (κ1) is 15.7. The summed E-state index contributed by atoms with van der Waals surface area (Å²) in [6.45, 7) is 4.98. The molecule has 1 N–H and O–H groups in total. The fourth-order valence-corrected chi connectivity index (χ4v) is 4.10. The maximum atomic E-state index is 12.8. The van der Waals surface area contributed by atoms with Crippen molar-refractivity contribution in [1.29, 1.82) is 0 Å². The van der Waals surface area contributed by atoms with Crippen LogP contribution in [-0.4, -0.2) is 43.0 Å². The first-order valence-corrected chi connectivity index (χ1v) is 8.03. The van der Waals surface area contributed by atoms with E-state index in [1.807, 2.05) is 0 Å². The highest BCUT2D eigenvalue weighted by atomic mass is 32.2. The summed E-state index contributed by atoms with van der Waals surface area (Å²) in [5.41, 5.74) is -0.834. The third-order valence-corrected chi connectivity index (χ3v) is 5.68. The molecule has 1 aliphatic rings. The molecule has 114 valence electrons. The van der Waals surface area contributed by atoms with Gasteiger partial charge in [0.1, 0.15) is 5.54 Å². The lowest BCUT2D eigenvalue weighted by molar-refractivity contribution is -0.131. The van der Waals surface area contributed by atoms with Gasteiger partial charge in [-0.1, -0.05) is 12.1 Å². The number of nitrogens with one attached hydrogen (secondary N) is 1. The van der Waals surface area contributed by atoms with Crippen molar-refractivity contribution in [2.75, 3.05) is 13.1 Å². The Morgan fingerprint density at radius 2 is 2.00 bits per heavy atom. The number of carbonyl (C=O) groups is 2. The van der Waals surface area contributed by atoms with E-state index in [1.165, 1.54) is 29.4 Å². The Morgan fingerprint density at radius 3 is 2.62 bits per heavy atom. The second-order valence-corrected chi connectivity index (χ2v) is 7.34. The normalized spacial score (nSPS) is 19.1. The Hall–Kier alpha value is -1.73. The van der Waals surface area contributed by atoms with Crippen molar-refractivity contribution in [3.8, 4) is 0 Å². The topological polar surface area (TPSA) is 83.6 Å². The molecule has 1 fully saturated rings. The summed E-state index contributed by atoms with van der Waals surface area (Å²) in [6, 6.07) is 5.88. The molecule has 7 heteroatoms. The van der Waals surface area contributed by atoms with Gasteiger partial charge in [-0.25, -0.2) is 8.42 Å². The summed E-state index contributed by atoms with van der Waals surface area (Å²) in [7, 11) is -3.84. The second-order valence-electron chi connectivity index (χ2n) is 5.48. The Bertz CT molecular complexity index is 695. The number of hydrogen-bond donors (Lipinski definition) is 1. The molecule has 1 amide bonds. The predicted molar refractivity (Wildman–Crippen MR) is 77.4 cm³/mol. The molecular weight excluding hydrogens is 292 g/mol. The van der Waals surface area contributed by atoms with Crippen molar-refractivity contribution in [1.82, 2.24) is 9.62 Å². The van der Waals surface area contributed by atoms with Crippen molar-refractivity contribution in [2.45, 2.75) is 31.2 Å². The molecule has 0 bridgehead atoms. The zero-order valence-corrected chi connectivity index (χ0v) is 13.0. The van der Waals surface area contributed by atoms with Gasteiger partial charge < -0.3 is 5.32 Å². The summed E-state index contributed by atoms with van der Waals surface area (Å²) < 4.78 is 26.7. The van der Waals surface area contributed by atoms with Crippen LogP contribution in [0, 0.1) is 0 Å². The van der Waals surface area contributed by atoms with E-state index in [0.717, 1.165) is 0 Å². The number of piperazine rings is 1. The van der Waals surface area contributed by atoms with E-state index in [2.05, 4.69) is 5.32 Å². The van der Waals surface area contributed by atoms with E-state index in [9.17, 15) is 18.0 Å². The number of sulfonamides is 1. The fraction of sp³-hybridized carbons (Fsp3) is 0.429. The number of carbonyl (C=O) groups excluding carboxylic acids is 2. The van der Waals surface area contributed by atoms with Crippen LogP contribution in [0.5, 0.6) is 0 Å². The molecule has 1 aliphatic heterocycles. The van der Waals surface area contributed by atoms with Gasteiger partial charge in [-0.15, -0.1) is 0 Å². The fourth-order valence-electron chi connectivity index (χ4n) is 2.30. The van der Waals surface area contributed by atoms with Crippen LogP contribution >= 0.6 is 0 Å². The molecule has 0 spiro atoms. The van der Waals surface area contributed by atoms with Gasteiger partial charge in [-0.05, 0) is 32.9 Å². The Labute approximate surface area is 124 Å². The molecule has 1 saturated heterocycles. The van der Waals surface area contributed by atoms with Gasteiger partial charge >= 0.3 is 0 Å². The highest BCUT2D eigenvalue weighted by Gasteiger charge is 2.44. The molecule has 0 atom stereocenters. The molecule has 1 aromatic rings. The van der Waals surface area contributed by atoms with Gasteiger partial charge in [0.2, 0.25) is 15.9 Å². The zero-order valence-electron chi connectivity index (χ0n) is 12.2. The summed E-state index contributed by atoms with van der Waals surface area (Å²) in [5.74, 6) is -0.539. The molecule has 21 heavy (non-hydrogen) atoms. The van der Waals surface area contributed by atoms with Crippen molar-refractivity contribution in [3.63, 3.8) is 0 Å². The SMILES string of the molecule is CC(=O)c1cccc(S(=O)(=O)N2CCNC(=O)C2(C)C)c1. The first-order valence-electron chi connectivity index (χ1n) is 6.59. The molecular formula is C14H18N2O4S. The minimum absolute atomic E-state index is 0.0259. The first-order chi connectivity index (χ1) is 9.67. The lowest BCUT2D eigenvalue weighted by atomic mass is 10.0. The number of rotatable bonds is 3. The highest BCUT2D eigenvalue weighted by molar-refractivity contribution is 7.89. The van der Waals surface area contributed by atoms with Crippen LogP contribution in [0.15, 0.2) is 29.2 Å². The van der Waals surface area contributed by atoms with Crippen molar-refractivity contribution in [2.24, 2.45) is 0 Å². The molecule has 6 nitrogen and oxygen atoms in total. The smallest absolute Gasteiger partial charge is 0.244 e. The lowest BCUT2D eigenvalue weighted by Crippen LogP contribution is -2.63. The van der Waals surface area contributed by atoms with Crippen LogP contribution in [0.3, 0.4) is 0 Å². The predicted octanol–water partition coefficient (Wildman–Crippen LogP) is 0.788. The van der Waals surface area contributed by atoms with Crippen molar-refractivity contribution < 1.29 is 18.0 Å². The van der Waals surface area contributed by atoms with E-state index in [-0.39, 0.29) is 29.7 Å². The van der Waals surface area contributed by atoms with E-state index in [0.29, 0.717) is 5.56 Å². The van der Waals surface area contributed by atoms with Crippen LogP contribution in [0.2, 0.25) is 0 Å². The minimum atomic E-state index is -3.84. The Morgan fingerprint density at radius 1 is 1.33 bits per heavy atom. The molecule has 1 heterocycles. The van der Waals surface area contributed by atoms with E-state index < -0.39 is 15.6 Å². The number of benzene rings is 1. The van der Waals surface area contributed by atoms with Crippen LogP contribution in [0.1, 0.15) is 31.1 Å². The van der Waals surface area contributed by atoms with E-state index in [4.69, 9.17) is 0 Å². The number of hydrogen-bond acceptors (Lipinski definition) is 4. The summed E-state index contributed by atoms with van der Waals surface area (Å²) in [6.07, 6.45) is 0. The van der Waals surface area contributed by atoms with Crippen LogP contribution in [0.25, 0.3) is 0 Å². The van der Waals surface area contributed by atoms with Gasteiger partial charge in [0.05, 0.1) is 4.90 Å². The van der Waals surface area contributed by atoms with E-state index in [1.54, 1.807) is 19.9 Å². The molecule has 0 unspecified atom stereocenters. The summed E-state index contributed by atoms with van der Waals surface area (Å²) in [5, 5.41) is 2.66. The van der Waals surface area contributed by atoms with Crippen LogP contribution < -0.4 is 5.32 Å². The largest absolute Gasteiger partial charge is 0.353 e. The van der Waals surface area contributed by atoms with Crippen molar-refractivity contribution >= 4 is 21.7 Å². The summed E-state index contributed by atoms with van der Waals surface area (Å²) in [4.78, 5) is 23.3. The molecule has 0 aliphatic carbocycles. The molecule has 1 aromatic carbocycles. The maximum Gasteiger partial charge on any atom is 0.244 e. The monoisotopic (exact) mass is 310 g/mol. The van der Waals surface area contributed by atoms with Gasteiger partial charge in [0, 0.05) is 18.7 Å². The third-order valence-electron chi connectivity index (χ3n) is 3.61. The number of amides is 1. The van der Waals surface area contributed by atoms with Gasteiger partial charge in [-0.2, -0.15) is 4.31 Å². The lowest BCUT2D eigenvalue weighted by Gasteiger charge is -2.39. The van der Waals surface area contributed by atoms with Crippen LogP contribution in [0.4, 0.5) is 0 Å². The Balaban J connectivity index is 2.49. The average molecular weight is 310 g/mol. The van der Waals surface area contributed by atoms with E-state index >= 15 is 0 Å². The Kier molecular flexibility index (Phi) is 3.90. The zero-order chi connectivity index (χ0) is 15.8. The minimum Gasteiger partial charge on any atom is -0.353 e. The number of nitrogens with zero attached hydrogens (tertiary/aromatic N) is 1. The van der Waals surface area contributed by atoms with Gasteiger partial charge in [0.25, 0.3) is 0 Å². The maximum absolute atomic E-state index is 12.8. The summed E-state index contributed by atoms with van der Waals surface area (Å²) >= 11 is 0. The second kappa shape index (κ2) is 5.23. The van der Waals surface area contributed by atoms with Gasteiger partial charge in [-0.3, -0.25) is 9.59 Å². The quantitative estimate of drug-likeness (QED) is 0.837.